The van der Waals surface area contributed by atoms with Crippen molar-refractivity contribution in [1.82, 2.24) is 4.90 Å². The lowest BCUT2D eigenvalue weighted by molar-refractivity contribution is -0.139. The van der Waals surface area contributed by atoms with Crippen molar-refractivity contribution in [2.24, 2.45) is 5.73 Å². The van der Waals surface area contributed by atoms with Gasteiger partial charge in [0.2, 0.25) is 10.0 Å². The lowest BCUT2D eigenvalue weighted by Gasteiger charge is -2.27. The Labute approximate surface area is 263 Å². The highest BCUT2D eigenvalue weighted by Crippen LogP contribution is 2.30. The molecule has 1 fully saturated rings. The second-order valence-corrected chi connectivity index (χ2v) is 11.8. The van der Waals surface area contributed by atoms with E-state index < -0.39 is 27.6 Å². The summed E-state index contributed by atoms with van der Waals surface area (Å²) in [4.78, 5) is 16.0. The van der Waals surface area contributed by atoms with Crippen molar-refractivity contribution in [2.45, 2.75) is 26.8 Å². The molecule has 0 atom stereocenters. The molecule has 0 unspecified atom stereocenters. The van der Waals surface area contributed by atoms with Crippen LogP contribution in [0.3, 0.4) is 0 Å². The number of nitrogens with one attached hydrogen (secondary N) is 2. The van der Waals surface area contributed by atoms with Gasteiger partial charge in [-0.25, -0.2) is 12.8 Å². The van der Waals surface area contributed by atoms with Crippen LogP contribution in [-0.2, 0) is 26.1 Å². The molecule has 0 bridgehead atoms. The van der Waals surface area contributed by atoms with Gasteiger partial charge in [0.25, 0.3) is 0 Å². The number of nitrogen functional groups attached to an aromatic ring is 1. The number of ether oxygens (including phenoxy) is 1. The van der Waals surface area contributed by atoms with Gasteiger partial charge in [-0.15, -0.1) is 24.8 Å². The SMILES string of the molecule is CCOC(=O)CS(=O)(=O)N(Cc1ccc2ccc(C(=N)N)cc2c1)c1ccc(N2CCCN(C(C)=N)CC2)c(F)c1.Cl.Cl. The Morgan fingerprint density at radius 3 is 2.37 bits per heavy atom. The van der Waals surface area contributed by atoms with E-state index in [9.17, 15) is 13.2 Å². The zero-order chi connectivity index (χ0) is 29.7. The summed E-state index contributed by atoms with van der Waals surface area (Å²) in [6.07, 6.45) is 0.755. The average molecular weight is 656 g/mol. The molecule has 234 valence electrons. The van der Waals surface area contributed by atoms with Gasteiger partial charge in [-0.2, -0.15) is 0 Å². The molecular formula is C29H37Cl2FN6O4S. The zero-order valence-corrected chi connectivity index (χ0v) is 26.5. The van der Waals surface area contributed by atoms with E-state index >= 15 is 4.39 Å². The van der Waals surface area contributed by atoms with Gasteiger partial charge in [0.05, 0.1) is 30.4 Å². The van der Waals surface area contributed by atoms with Gasteiger partial charge in [-0.1, -0.05) is 24.3 Å². The second-order valence-electron chi connectivity index (χ2n) is 9.93. The van der Waals surface area contributed by atoms with Crippen LogP contribution in [0.4, 0.5) is 15.8 Å². The number of halogens is 3. The van der Waals surface area contributed by atoms with Gasteiger partial charge < -0.3 is 20.3 Å². The Balaban J connectivity index is 0.00000323. The summed E-state index contributed by atoms with van der Waals surface area (Å²) in [5.74, 6) is -1.98. The largest absolute Gasteiger partial charge is 0.465 e. The fourth-order valence-electron chi connectivity index (χ4n) is 4.91. The molecule has 1 saturated heterocycles. The normalized spacial score (nSPS) is 13.4. The van der Waals surface area contributed by atoms with Crippen LogP contribution in [0.15, 0.2) is 54.6 Å². The summed E-state index contributed by atoms with van der Waals surface area (Å²) in [7, 11) is -4.25. The summed E-state index contributed by atoms with van der Waals surface area (Å²) in [5.41, 5.74) is 7.21. The third-order valence-electron chi connectivity index (χ3n) is 7.01. The molecule has 0 saturated carbocycles. The number of hydrogen-bond donors (Lipinski definition) is 3. The zero-order valence-electron chi connectivity index (χ0n) is 24.0. The Morgan fingerprint density at radius 2 is 1.72 bits per heavy atom. The molecule has 1 aliphatic heterocycles. The third-order valence-corrected chi connectivity index (χ3v) is 8.63. The molecule has 14 heteroatoms. The number of nitrogens with two attached hydrogens (primary N) is 1. The molecule has 1 aliphatic rings. The lowest BCUT2D eigenvalue weighted by Crippen LogP contribution is -2.36. The average Bonchev–Trinajstić information content (AvgIpc) is 3.17. The van der Waals surface area contributed by atoms with Crippen molar-refractivity contribution in [3.05, 3.63) is 71.5 Å². The third kappa shape index (κ3) is 8.71. The number of benzene rings is 3. The van der Waals surface area contributed by atoms with Crippen LogP contribution in [0.25, 0.3) is 10.8 Å². The summed E-state index contributed by atoms with van der Waals surface area (Å²) in [6.45, 7) is 5.62. The number of carbonyl (C=O) groups excluding carboxylic acids is 1. The van der Waals surface area contributed by atoms with Crippen LogP contribution in [0, 0.1) is 16.6 Å². The molecule has 0 spiro atoms. The van der Waals surface area contributed by atoms with Crippen LogP contribution in [-0.4, -0.2) is 69.5 Å². The lowest BCUT2D eigenvalue weighted by atomic mass is 10.0. The predicted molar refractivity (Wildman–Crippen MR) is 174 cm³/mol. The van der Waals surface area contributed by atoms with Crippen molar-refractivity contribution in [3.63, 3.8) is 0 Å². The van der Waals surface area contributed by atoms with E-state index in [0.717, 1.165) is 21.5 Å². The quantitative estimate of drug-likeness (QED) is 0.175. The van der Waals surface area contributed by atoms with Gasteiger partial charge in [0, 0.05) is 37.8 Å². The maximum atomic E-state index is 15.6. The fourth-order valence-corrected chi connectivity index (χ4v) is 6.23. The monoisotopic (exact) mass is 654 g/mol. The topological polar surface area (TPSA) is 144 Å². The maximum absolute atomic E-state index is 15.6. The predicted octanol–water partition coefficient (Wildman–Crippen LogP) is 4.52. The molecule has 3 aromatic rings. The number of amidine groups is 2. The minimum atomic E-state index is -4.25. The first-order valence-corrected chi connectivity index (χ1v) is 15.0. The Bertz CT molecular complexity index is 1590. The molecule has 4 rings (SSSR count). The van der Waals surface area contributed by atoms with Gasteiger partial charge in [-0.3, -0.25) is 19.9 Å². The van der Waals surface area contributed by atoms with Crippen LogP contribution in [0.1, 0.15) is 31.4 Å². The first-order chi connectivity index (χ1) is 19.5. The van der Waals surface area contributed by atoms with E-state index in [1.807, 2.05) is 21.9 Å². The van der Waals surface area contributed by atoms with Crippen molar-refractivity contribution in [2.75, 3.05) is 47.7 Å². The van der Waals surface area contributed by atoms with Crippen molar-refractivity contribution in [3.8, 4) is 0 Å². The van der Waals surface area contributed by atoms with Gasteiger partial charge >= 0.3 is 5.97 Å². The minimum Gasteiger partial charge on any atom is -0.465 e. The number of carbonyl (C=O) groups is 1. The number of hydrogen-bond acceptors (Lipinski definition) is 7. The smallest absolute Gasteiger partial charge is 0.323 e. The van der Waals surface area contributed by atoms with Crippen LogP contribution < -0.4 is 14.9 Å². The molecular weight excluding hydrogens is 618 g/mol. The van der Waals surface area contributed by atoms with Gasteiger partial charge in [0.15, 0.2) is 5.75 Å². The van der Waals surface area contributed by atoms with Crippen molar-refractivity contribution < 1.29 is 22.3 Å². The van der Waals surface area contributed by atoms with E-state index in [1.165, 1.54) is 6.07 Å². The molecule has 0 amide bonds. The Morgan fingerprint density at radius 1 is 1.00 bits per heavy atom. The van der Waals surface area contributed by atoms with Crippen LogP contribution >= 0.6 is 24.8 Å². The molecule has 3 aromatic carbocycles. The molecule has 0 radical (unpaired) electrons. The minimum absolute atomic E-state index is 0. The molecule has 0 aromatic heterocycles. The Kier molecular flexibility index (Phi) is 12.6. The molecule has 43 heavy (non-hydrogen) atoms. The van der Waals surface area contributed by atoms with Crippen LogP contribution in [0.2, 0.25) is 0 Å². The number of nitrogens with zero attached hydrogens (tertiary/aromatic N) is 3. The second kappa shape index (κ2) is 15.2. The molecule has 1 heterocycles. The summed E-state index contributed by atoms with van der Waals surface area (Å²) in [6, 6.07) is 15.0. The number of esters is 1. The molecule has 10 nitrogen and oxygen atoms in total. The highest BCUT2D eigenvalue weighted by molar-refractivity contribution is 7.93. The van der Waals surface area contributed by atoms with Gasteiger partial charge in [0.1, 0.15) is 11.7 Å². The van der Waals surface area contributed by atoms with Crippen molar-refractivity contribution in [1.29, 1.82) is 10.8 Å². The number of fused-ring (bicyclic) bond motifs is 1. The molecule has 0 aliphatic carbocycles. The highest BCUT2D eigenvalue weighted by atomic mass is 35.5. The van der Waals surface area contributed by atoms with Crippen molar-refractivity contribution >= 4 is 74.6 Å². The number of anilines is 2. The summed E-state index contributed by atoms with van der Waals surface area (Å²) in [5, 5.41) is 17.3. The van der Waals surface area contributed by atoms with Gasteiger partial charge in [-0.05, 0) is 60.9 Å². The number of rotatable bonds is 9. The van der Waals surface area contributed by atoms with E-state index in [-0.39, 0.29) is 49.5 Å². The Hall–Kier alpha value is -3.61. The summed E-state index contributed by atoms with van der Waals surface area (Å²) < 4.78 is 48.5. The van der Waals surface area contributed by atoms with Crippen LogP contribution in [0.5, 0.6) is 0 Å². The standard InChI is InChI=1S/C29H35FN6O4S.2ClH/c1-3-40-28(37)19-41(38,39)36(18-21-5-6-22-7-8-23(29(32)33)16-24(22)15-21)25-9-10-27(26(30)17-25)35-12-4-11-34(13-14-35)20(2)31;;/h5-10,15-17,31H,3-4,11-14,18-19H2,1-2H3,(H3,32,33);2*1H. The summed E-state index contributed by atoms with van der Waals surface area (Å²) >= 11 is 0. The van der Waals surface area contributed by atoms with E-state index in [2.05, 4.69) is 0 Å². The first-order valence-electron chi connectivity index (χ1n) is 13.4. The first kappa shape index (κ1) is 35.6. The molecule has 4 N–H and O–H groups in total. The highest BCUT2D eigenvalue weighted by Gasteiger charge is 2.28. The maximum Gasteiger partial charge on any atom is 0.323 e. The van der Waals surface area contributed by atoms with E-state index in [0.29, 0.717) is 48.8 Å². The number of sulfonamides is 1. The van der Waals surface area contributed by atoms with E-state index in [4.69, 9.17) is 21.3 Å². The fraction of sp³-hybridized carbons (Fsp3) is 0.345. The van der Waals surface area contributed by atoms with E-state index in [1.54, 1.807) is 50.2 Å².